The second-order valence-electron chi connectivity index (χ2n) is 4.93. The molecule has 3 atom stereocenters. The minimum atomic E-state index is -1.08. The van der Waals surface area contributed by atoms with E-state index in [9.17, 15) is 14.7 Å². The highest BCUT2D eigenvalue weighted by atomic mass is 16.5. The lowest BCUT2D eigenvalue weighted by molar-refractivity contribution is -0.156. The normalized spacial score (nSPS) is 34.2. The molecule has 0 aromatic rings. The van der Waals surface area contributed by atoms with Gasteiger partial charge in [-0.15, -0.1) is 0 Å². The van der Waals surface area contributed by atoms with Crippen LogP contribution in [0.2, 0.25) is 0 Å². The van der Waals surface area contributed by atoms with E-state index in [-0.39, 0.29) is 11.8 Å². The summed E-state index contributed by atoms with van der Waals surface area (Å²) in [4.78, 5) is 23.0. The minimum absolute atomic E-state index is 0.0784. The molecule has 3 aliphatic rings. The maximum Gasteiger partial charge on any atom is 0.317 e. The number of ketones is 1. The first-order valence-corrected chi connectivity index (χ1v) is 6.25. The largest absolute Gasteiger partial charge is 0.489 e. The van der Waals surface area contributed by atoms with Crippen LogP contribution in [-0.2, 0) is 14.3 Å². The van der Waals surface area contributed by atoms with Gasteiger partial charge in [0.05, 0.1) is 11.7 Å². The van der Waals surface area contributed by atoms with E-state index in [1.165, 1.54) is 0 Å². The predicted molar refractivity (Wildman–Crippen MR) is 62.6 cm³/mol. The van der Waals surface area contributed by atoms with Gasteiger partial charge in [-0.25, -0.2) is 0 Å². The maximum atomic E-state index is 11.7. The van der Waals surface area contributed by atoms with Crippen molar-refractivity contribution in [3.8, 4) is 0 Å². The lowest BCUT2D eigenvalue weighted by atomic mass is 9.80. The third-order valence-corrected chi connectivity index (χ3v) is 3.78. The minimum Gasteiger partial charge on any atom is -0.489 e. The molecule has 2 N–H and O–H groups in total. The van der Waals surface area contributed by atoms with E-state index in [0.29, 0.717) is 12.8 Å². The van der Waals surface area contributed by atoms with E-state index < -0.39 is 18.0 Å². The molecule has 0 aromatic heterocycles. The van der Waals surface area contributed by atoms with Gasteiger partial charge in [0.25, 0.3) is 0 Å². The van der Waals surface area contributed by atoms with Crippen LogP contribution in [0, 0.1) is 5.92 Å². The molecule has 5 nitrogen and oxygen atoms in total. The standard InChI is InChI=1S/C13H15NO4/c15-9-6-5-8-12(11(9)13(16)17)18-10-4-2-1-3-7(10)14-8/h1,3,8,11-12,14H,2,4-6H2,(H,16,17). The molecule has 3 rings (SSSR count). The SMILES string of the molecule is O=C(O)C1C(=O)CCC2NC3=C(CCC=C3)OC21. The first-order valence-electron chi connectivity index (χ1n) is 6.25. The molecule has 96 valence electrons. The molecule has 1 aliphatic heterocycles. The maximum absolute atomic E-state index is 11.7. The van der Waals surface area contributed by atoms with Crippen molar-refractivity contribution in [3.63, 3.8) is 0 Å². The Morgan fingerprint density at radius 1 is 1.44 bits per heavy atom. The van der Waals surface area contributed by atoms with Gasteiger partial charge < -0.3 is 15.2 Å². The Morgan fingerprint density at radius 3 is 3.06 bits per heavy atom. The van der Waals surface area contributed by atoms with Crippen molar-refractivity contribution >= 4 is 11.8 Å². The molecule has 5 heteroatoms. The first-order chi connectivity index (χ1) is 8.66. The van der Waals surface area contributed by atoms with Crippen LogP contribution in [0.4, 0.5) is 0 Å². The fraction of sp³-hybridized carbons (Fsp3) is 0.538. The average Bonchev–Trinajstić information content (AvgIpc) is 2.36. The van der Waals surface area contributed by atoms with Gasteiger partial charge >= 0.3 is 5.97 Å². The summed E-state index contributed by atoms with van der Waals surface area (Å²) in [6.45, 7) is 0. The van der Waals surface area contributed by atoms with Gasteiger partial charge in [0, 0.05) is 12.8 Å². The molecule has 0 spiro atoms. The van der Waals surface area contributed by atoms with E-state index >= 15 is 0 Å². The molecule has 1 fully saturated rings. The Kier molecular flexibility index (Phi) is 2.61. The monoisotopic (exact) mass is 249 g/mol. The Labute approximate surface area is 105 Å². The highest BCUT2D eigenvalue weighted by Crippen LogP contribution is 2.34. The van der Waals surface area contributed by atoms with Gasteiger partial charge in [-0.3, -0.25) is 9.59 Å². The number of hydrogen-bond acceptors (Lipinski definition) is 4. The molecular formula is C13H15NO4. The van der Waals surface area contributed by atoms with Crippen molar-refractivity contribution < 1.29 is 19.4 Å². The van der Waals surface area contributed by atoms with E-state index in [2.05, 4.69) is 11.4 Å². The van der Waals surface area contributed by atoms with Gasteiger partial charge in [-0.1, -0.05) is 6.08 Å². The third kappa shape index (κ3) is 1.70. The topological polar surface area (TPSA) is 75.6 Å². The molecule has 0 radical (unpaired) electrons. The van der Waals surface area contributed by atoms with Crippen LogP contribution >= 0.6 is 0 Å². The molecule has 3 unspecified atom stereocenters. The fourth-order valence-corrected chi connectivity index (χ4v) is 2.87. The number of carboxylic acids is 1. The van der Waals surface area contributed by atoms with Crippen molar-refractivity contribution in [3.05, 3.63) is 23.6 Å². The Morgan fingerprint density at radius 2 is 2.28 bits per heavy atom. The second-order valence-corrected chi connectivity index (χ2v) is 4.93. The zero-order valence-electron chi connectivity index (χ0n) is 9.89. The fourth-order valence-electron chi connectivity index (χ4n) is 2.87. The quantitative estimate of drug-likeness (QED) is 0.677. The lowest BCUT2D eigenvalue weighted by Gasteiger charge is -2.41. The molecule has 1 heterocycles. The van der Waals surface area contributed by atoms with Crippen LogP contribution < -0.4 is 5.32 Å². The number of carbonyl (C=O) groups excluding carboxylic acids is 1. The van der Waals surface area contributed by atoms with Crippen LogP contribution in [0.5, 0.6) is 0 Å². The zero-order valence-corrected chi connectivity index (χ0v) is 9.89. The molecule has 1 saturated carbocycles. The van der Waals surface area contributed by atoms with E-state index in [0.717, 1.165) is 24.3 Å². The Balaban J connectivity index is 1.90. The number of hydrogen-bond donors (Lipinski definition) is 2. The van der Waals surface area contributed by atoms with Gasteiger partial charge in [0.1, 0.15) is 11.9 Å². The summed E-state index contributed by atoms with van der Waals surface area (Å²) in [5, 5.41) is 12.5. The number of aliphatic carboxylic acids is 1. The summed E-state index contributed by atoms with van der Waals surface area (Å²) in [6, 6.07) is -0.0784. The highest BCUT2D eigenvalue weighted by molar-refractivity contribution is 5.99. The zero-order chi connectivity index (χ0) is 12.7. The van der Waals surface area contributed by atoms with Crippen LogP contribution in [-0.4, -0.2) is 29.0 Å². The van der Waals surface area contributed by atoms with Crippen molar-refractivity contribution in [2.45, 2.75) is 37.8 Å². The van der Waals surface area contributed by atoms with Gasteiger partial charge in [-0.2, -0.15) is 0 Å². The molecule has 18 heavy (non-hydrogen) atoms. The number of rotatable bonds is 1. The summed E-state index contributed by atoms with van der Waals surface area (Å²) in [5.41, 5.74) is 0.945. The van der Waals surface area contributed by atoms with Crippen molar-refractivity contribution in [1.29, 1.82) is 0 Å². The van der Waals surface area contributed by atoms with Gasteiger partial charge in [-0.05, 0) is 18.9 Å². The summed E-state index contributed by atoms with van der Waals surface area (Å²) >= 11 is 0. The summed E-state index contributed by atoms with van der Waals surface area (Å²) in [7, 11) is 0. The van der Waals surface area contributed by atoms with Crippen molar-refractivity contribution in [2.75, 3.05) is 0 Å². The summed E-state index contributed by atoms with van der Waals surface area (Å²) in [6.07, 6.45) is 6.08. The van der Waals surface area contributed by atoms with Crippen LogP contribution in [0.3, 0.4) is 0 Å². The molecule has 0 aromatic carbocycles. The number of fused-ring (bicyclic) bond motifs is 1. The summed E-state index contributed by atoms with van der Waals surface area (Å²) < 4.78 is 5.80. The predicted octanol–water partition coefficient (Wildman–Crippen LogP) is 0.969. The van der Waals surface area contributed by atoms with E-state index in [4.69, 9.17) is 4.74 Å². The van der Waals surface area contributed by atoms with Crippen LogP contribution in [0.1, 0.15) is 25.7 Å². The first kappa shape index (κ1) is 11.3. The second kappa shape index (κ2) is 4.15. The number of Topliss-reactive ketones (excluding diaryl/α,β-unsaturated/α-hetero) is 1. The van der Waals surface area contributed by atoms with Gasteiger partial charge in [0.2, 0.25) is 0 Å². The average molecular weight is 249 g/mol. The van der Waals surface area contributed by atoms with E-state index in [1.807, 2.05) is 6.08 Å². The highest BCUT2D eigenvalue weighted by Gasteiger charge is 2.47. The molecule has 2 aliphatic carbocycles. The molecular weight excluding hydrogens is 234 g/mol. The summed E-state index contributed by atoms with van der Waals surface area (Å²) in [5.74, 6) is -1.54. The third-order valence-electron chi connectivity index (χ3n) is 3.78. The Bertz CT molecular complexity index is 466. The lowest BCUT2D eigenvalue weighted by Crippen LogP contribution is -2.56. The van der Waals surface area contributed by atoms with E-state index in [1.54, 1.807) is 0 Å². The number of ether oxygens (including phenoxy) is 1. The number of carbonyl (C=O) groups is 2. The molecule has 0 bridgehead atoms. The number of carboxylic acid groups (broad SMARTS) is 1. The van der Waals surface area contributed by atoms with Crippen molar-refractivity contribution in [2.24, 2.45) is 5.92 Å². The number of nitrogens with one attached hydrogen (secondary N) is 1. The van der Waals surface area contributed by atoms with Crippen molar-refractivity contribution in [1.82, 2.24) is 5.32 Å². The smallest absolute Gasteiger partial charge is 0.317 e. The Hall–Kier alpha value is -1.78. The number of allylic oxidation sites excluding steroid dienone is 3. The molecule has 0 saturated heterocycles. The van der Waals surface area contributed by atoms with Crippen LogP contribution in [0.15, 0.2) is 23.6 Å². The van der Waals surface area contributed by atoms with Gasteiger partial charge in [0.15, 0.2) is 11.7 Å². The molecule has 0 amide bonds. The van der Waals surface area contributed by atoms with Crippen LogP contribution in [0.25, 0.3) is 0 Å².